The van der Waals surface area contributed by atoms with Gasteiger partial charge < -0.3 is 19.9 Å². The van der Waals surface area contributed by atoms with Crippen molar-refractivity contribution in [3.05, 3.63) is 42.5 Å². The molecule has 1 unspecified atom stereocenters. The molecule has 1 fully saturated rings. The number of hydrogen-bond donors (Lipinski definition) is 2. The number of nitrogens with zero attached hydrogens (tertiary/aromatic N) is 2. The molecule has 1 aliphatic heterocycles. The van der Waals surface area contributed by atoms with Gasteiger partial charge in [-0.15, -0.1) is 10.2 Å². The molecule has 0 saturated carbocycles. The number of ether oxygens (including phenoxy) is 2. The number of aromatic nitrogens is 2. The second-order valence-electron chi connectivity index (χ2n) is 7.62. The Morgan fingerprint density at radius 3 is 2.62 bits per heavy atom. The van der Waals surface area contributed by atoms with Crippen LogP contribution in [0.3, 0.4) is 0 Å². The van der Waals surface area contributed by atoms with Gasteiger partial charge in [-0.1, -0.05) is 24.3 Å². The van der Waals surface area contributed by atoms with Crippen molar-refractivity contribution in [2.75, 3.05) is 11.9 Å². The summed E-state index contributed by atoms with van der Waals surface area (Å²) in [7, 11) is 0. The van der Waals surface area contributed by atoms with Gasteiger partial charge in [0.1, 0.15) is 17.2 Å². The fourth-order valence-corrected chi connectivity index (χ4v) is 3.61. The average Bonchev–Trinajstić information content (AvgIpc) is 3.02. The van der Waals surface area contributed by atoms with E-state index in [1.165, 1.54) is 18.2 Å². The minimum atomic E-state index is -2.96. The van der Waals surface area contributed by atoms with Crippen molar-refractivity contribution in [3.63, 3.8) is 0 Å². The van der Waals surface area contributed by atoms with E-state index in [0.717, 1.165) is 17.2 Å². The summed E-state index contributed by atoms with van der Waals surface area (Å²) in [5.74, 6) is 0.444. The quantitative estimate of drug-likeness (QED) is 0.652. The lowest BCUT2D eigenvalue weighted by Gasteiger charge is -2.17. The number of hydrogen-bond acceptors (Lipinski definition) is 6. The van der Waals surface area contributed by atoms with E-state index in [4.69, 9.17) is 4.74 Å². The predicted octanol–water partition coefficient (Wildman–Crippen LogP) is 4.58. The van der Waals surface area contributed by atoms with E-state index in [1.807, 2.05) is 38.1 Å². The van der Waals surface area contributed by atoms with Gasteiger partial charge in [-0.25, -0.2) is 0 Å². The lowest BCUT2D eigenvalue weighted by molar-refractivity contribution is -0.0498. The third-order valence-corrected chi connectivity index (χ3v) is 4.89. The second-order valence-corrected chi connectivity index (χ2v) is 7.62. The summed E-state index contributed by atoms with van der Waals surface area (Å²) in [6.45, 7) is 1.69. The molecule has 1 aliphatic rings. The second kappa shape index (κ2) is 7.44. The van der Waals surface area contributed by atoms with Crippen LogP contribution in [0.15, 0.2) is 42.5 Å². The largest absolute Gasteiger partial charge is 0.507 e. The van der Waals surface area contributed by atoms with E-state index in [2.05, 4.69) is 20.3 Å². The Hall–Kier alpha value is -3.00. The molecule has 0 bridgehead atoms. The Bertz CT molecular complexity index is 1040. The third-order valence-electron chi connectivity index (χ3n) is 4.89. The van der Waals surface area contributed by atoms with E-state index >= 15 is 0 Å². The fourth-order valence-electron chi connectivity index (χ4n) is 3.61. The normalized spacial score (nSPS) is 18.3. The summed E-state index contributed by atoms with van der Waals surface area (Å²) < 4.78 is 35.4. The van der Waals surface area contributed by atoms with Crippen molar-refractivity contribution in [1.82, 2.24) is 10.2 Å². The maximum Gasteiger partial charge on any atom is 0.387 e. The number of benzene rings is 2. The van der Waals surface area contributed by atoms with Crippen LogP contribution < -0.4 is 10.1 Å². The minimum absolute atomic E-state index is 0.0637. The molecule has 1 aromatic heterocycles. The van der Waals surface area contributed by atoms with Gasteiger partial charge in [-0.05, 0) is 38.5 Å². The van der Waals surface area contributed by atoms with Crippen LogP contribution in [-0.4, -0.2) is 40.2 Å². The lowest BCUT2D eigenvalue weighted by atomic mass is 10.0. The maximum absolute atomic E-state index is 12.6. The Labute approximate surface area is 166 Å². The van der Waals surface area contributed by atoms with Crippen LogP contribution in [0.5, 0.6) is 11.5 Å². The van der Waals surface area contributed by atoms with E-state index in [1.54, 1.807) is 0 Å². The van der Waals surface area contributed by atoms with Gasteiger partial charge in [0.2, 0.25) is 0 Å². The zero-order valence-corrected chi connectivity index (χ0v) is 16.0. The molecule has 0 amide bonds. The molecule has 0 spiro atoms. The Kier molecular flexibility index (Phi) is 4.96. The number of phenolic OH excluding ortho intramolecular Hbond substituents is 1. The van der Waals surface area contributed by atoms with Crippen LogP contribution in [-0.2, 0) is 4.74 Å². The Balaban J connectivity index is 1.74. The molecule has 8 heteroatoms. The van der Waals surface area contributed by atoms with Gasteiger partial charge >= 0.3 is 6.61 Å². The molecule has 2 aromatic carbocycles. The number of nitrogens with one attached hydrogen (secondary N) is 1. The van der Waals surface area contributed by atoms with Crippen molar-refractivity contribution in [3.8, 4) is 22.8 Å². The topological polar surface area (TPSA) is 76.5 Å². The first-order valence-corrected chi connectivity index (χ1v) is 9.26. The van der Waals surface area contributed by atoms with Gasteiger partial charge in [0.15, 0.2) is 5.82 Å². The number of fused-ring (bicyclic) bond motifs is 1. The number of halogens is 2. The third kappa shape index (κ3) is 4.07. The molecular formula is C21H21F2N3O3. The molecule has 6 nitrogen and oxygen atoms in total. The van der Waals surface area contributed by atoms with E-state index in [9.17, 15) is 13.9 Å². The molecule has 4 rings (SSSR count). The zero-order chi connectivity index (χ0) is 20.6. The summed E-state index contributed by atoms with van der Waals surface area (Å²) in [6, 6.07) is 11.5. The average molecular weight is 401 g/mol. The number of anilines is 1. The molecule has 1 saturated heterocycles. The fraction of sp³-hybridized carbons (Fsp3) is 0.333. The monoisotopic (exact) mass is 401 g/mol. The van der Waals surface area contributed by atoms with Crippen molar-refractivity contribution in [2.45, 2.75) is 38.5 Å². The smallest absolute Gasteiger partial charge is 0.387 e. The van der Waals surface area contributed by atoms with E-state index < -0.39 is 6.61 Å². The highest BCUT2D eigenvalue weighted by Crippen LogP contribution is 2.37. The minimum Gasteiger partial charge on any atom is -0.507 e. The number of rotatable bonds is 5. The van der Waals surface area contributed by atoms with Gasteiger partial charge in [-0.3, -0.25) is 0 Å². The van der Waals surface area contributed by atoms with E-state index in [0.29, 0.717) is 18.1 Å². The molecule has 3 aromatic rings. The molecule has 0 aliphatic carbocycles. The summed E-state index contributed by atoms with van der Waals surface area (Å²) in [5.41, 5.74) is 0.452. The molecule has 1 atom stereocenters. The molecule has 2 N–H and O–H groups in total. The highest BCUT2D eigenvalue weighted by Gasteiger charge is 2.32. The van der Waals surface area contributed by atoms with Gasteiger partial charge in [0, 0.05) is 16.3 Å². The summed E-state index contributed by atoms with van der Waals surface area (Å²) in [6.07, 6.45) is 0.832. The Morgan fingerprint density at radius 1 is 1.17 bits per heavy atom. The first kappa shape index (κ1) is 19.3. The van der Waals surface area contributed by atoms with Crippen LogP contribution in [0.2, 0.25) is 0 Å². The van der Waals surface area contributed by atoms with Crippen LogP contribution >= 0.6 is 0 Å². The molecule has 2 heterocycles. The first-order valence-electron chi connectivity index (χ1n) is 9.26. The zero-order valence-electron chi connectivity index (χ0n) is 16.0. The molecule has 152 valence electrons. The lowest BCUT2D eigenvalue weighted by Crippen LogP contribution is -2.23. The van der Waals surface area contributed by atoms with Crippen molar-refractivity contribution in [2.24, 2.45) is 0 Å². The van der Waals surface area contributed by atoms with Crippen LogP contribution in [0.4, 0.5) is 14.6 Å². The maximum atomic E-state index is 12.6. The summed E-state index contributed by atoms with van der Waals surface area (Å²) in [4.78, 5) is 0. The SMILES string of the molecule is CC1(C)CC(Nc2nnc(-c3cc(OC(F)F)ccc3O)c3ccccc23)CO1. The summed E-state index contributed by atoms with van der Waals surface area (Å²) in [5, 5.41) is 23.8. The van der Waals surface area contributed by atoms with Crippen molar-refractivity contribution in [1.29, 1.82) is 0 Å². The number of alkyl halides is 2. The number of aromatic hydroxyl groups is 1. The van der Waals surface area contributed by atoms with Gasteiger partial charge in [0.25, 0.3) is 0 Å². The first-order chi connectivity index (χ1) is 13.8. The van der Waals surface area contributed by atoms with Crippen LogP contribution in [0.25, 0.3) is 22.0 Å². The summed E-state index contributed by atoms with van der Waals surface area (Å²) >= 11 is 0. The van der Waals surface area contributed by atoms with Crippen molar-refractivity contribution < 1.29 is 23.4 Å². The molecule has 29 heavy (non-hydrogen) atoms. The van der Waals surface area contributed by atoms with Crippen LogP contribution in [0.1, 0.15) is 20.3 Å². The Morgan fingerprint density at radius 2 is 1.93 bits per heavy atom. The van der Waals surface area contributed by atoms with Crippen LogP contribution in [0, 0.1) is 0 Å². The van der Waals surface area contributed by atoms with E-state index in [-0.39, 0.29) is 28.7 Å². The number of phenols is 1. The predicted molar refractivity (Wildman–Crippen MR) is 105 cm³/mol. The van der Waals surface area contributed by atoms with Gasteiger partial charge in [0.05, 0.1) is 18.2 Å². The highest BCUT2D eigenvalue weighted by molar-refractivity contribution is 6.01. The van der Waals surface area contributed by atoms with Gasteiger partial charge in [-0.2, -0.15) is 8.78 Å². The molecular weight excluding hydrogens is 380 g/mol. The standard InChI is InChI=1S/C21H21F2N3O3/c1-21(2)10-12(11-28-21)24-19-15-6-4-3-5-14(15)18(25-26-19)16-9-13(29-20(22)23)7-8-17(16)27/h3-9,12,20,27H,10-11H2,1-2H3,(H,24,26). The van der Waals surface area contributed by atoms with Crippen molar-refractivity contribution >= 4 is 16.6 Å². The molecule has 0 radical (unpaired) electrons. The highest BCUT2D eigenvalue weighted by atomic mass is 19.3.